The lowest BCUT2D eigenvalue weighted by molar-refractivity contribution is -0.119. The van der Waals surface area contributed by atoms with Gasteiger partial charge in [-0.2, -0.15) is 0 Å². The van der Waals surface area contributed by atoms with Gasteiger partial charge < -0.3 is 5.32 Å². The first-order chi connectivity index (χ1) is 6.65. The molecule has 0 saturated heterocycles. The van der Waals surface area contributed by atoms with Crippen LogP contribution >= 0.6 is 22.9 Å². The molecule has 1 rings (SSSR count). The van der Waals surface area contributed by atoms with Crippen molar-refractivity contribution >= 4 is 28.8 Å². The molecular weight excluding hydrogens is 218 g/mol. The second-order valence-electron chi connectivity index (χ2n) is 3.44. The number of nitrogens with one attached hydrogen (secondary N) is 1. The topological polar surface area (TPSA) is 29.1 Å². The molecule has 0 fully saturated rings. The number of halogens is 1. The summed E-state index contributed by atoms with van der Waals surface area (Å²) >= 11 is 7.11. The third kappa shape index (κ3) is 3.00. The van der Waals surface area contributed by atoms with Crippen molar-refractivity contribution < 1.29 is 4.79 Å². The van der Waals surface area contributed by atoms with Crippen LogP contribution in [0.2, 0.25) is 0 Å². The van der Waals surface area contributed by atoms with Gasteiger partial charge in [-0.25, -0.2) is 0 Å². The van der Waals surface area contributed by atoms with Crippen LogP contribution in [0.25, 0.3) is 0 Å². The molecule has 0 radical (unpaired) electrons. The molecule has 1 N–H and O–H groups in total. The minimum Gasteiger partial charge on any atom is -0.347 e. The van der Waals surface area contributed by atoms with Crippen LogP contribution in [0.3, 0.4) is 0 Å². The van der Waals surface area contributed by atoms with Crippen molar-refractivity contribution in [3.63, 3.8) is 0 Å². The third-order valence-electron chi connectivity index (χ3n) is 1.95. The van der Waals surface area contributed by atoms with Gasteiger partial charge in [-0.15, -0.1) is 22.9 Å². The van der Waals surface area contributed by atoms with Crippen molar-refractivity contribution in [3.8, 4) is 0 Å². The predicted molar refractivity (Wildman–Crippen MR) is 60.8 cm³/mol. The van der Waals surface area contributed by atoms with E-state index in [1.807, 2.05) is 17.5 Å². The number of alkyl halides is 1. The van der Waals surface area contributed by atoms with Crippen molar-refractivity contribution in [3.05, 3.63) is 22.4 Å². The molecule has 0 aliphatic carbocycles. The molecule has 0 bridgehead atoms. The molecule has 78 valence electrons. The smallest absolute Gasteiger partial charge is 0.235 e. The zero-order chi connectivity index (χ0) is 10.6. The number of carbonyl (C=O) groups excluding carboxylic acids is 1. The largest absolute Gasteiger partial charge is 0.347 e. The summed E-state index contributed by atoms with van der Waals surface area (Å²) in [6, 6.07) is 4.10. The first-order valence-electron chi connectivity index (χ1n) is 4.54. The minimum absolute atomic E-state index is 0.0224. The Bertz CT molecular complexity index is 284. The van der Waals surface area contributed by atoms with E-state index < -0.39 is 0 Å². The number of carbonyl (C=O) groups is 1. The summed E-state index contributed by atoms with van der Waals surface area (Å²) in [6.45, 7) is 4.16. The van der Waals surface area contributed by atoms with Crippen LogP contribution < -0.4 is 5.32 Å². The maximum Gasteiger partial charge on any atom is 0.235 e. The quantitative estimate of drug-likeness (QED) is 0.794. The second-order valence-corrected chi connectivity index (χ2v) is 4.68. The highest BCUT2D eigenvalue weighted by atomic mass is 35.5. The Labute approximate surface area is 93.3 Å². The van der Waals surface area contributed by atoms with Crippen molar-refractivity contribution in [2.75, 3.05) is 5.88 Å². The lowest BCUT2D eigenvalue weighted by Crippen LogP contribution is -2.31. The molecular formula is C10H14ClNOS. The molecule has 14 heavy (non-hydrogen) atoms. The van der Waals surface area contributed by atoms with Gasteiger partial charge in [-0.1, -0.05) is 19.9 Å². The Morgan fingerprint density at radius 3 is 2.79 bits per heavy atom. The van der Waals surface area contributed by atoms with E-state index in [4.69, 9.17) is 11.6 Å². The number of thiophene rings is 1. The Morgan fingerprint density at radius 1 is 1.64 bits per heavy atom. The van der Waals surface area contributed by atoms with E-state index in [1.54, 1.807) is 11.3 Å². The molecule has 0 spiro atoms. The van der Waals surface area contributed by atoms with E-state index in [1.165, 1.54) is 4.88 Å². The van der Waals surface area contributed by atoms with Crippen LogP contribution in [-0.4, -0.2) is 11.8 Å². The fraction of sp³-hybridized carbons (Fsp3) is 0.500. The van der Waals surface area contributed by atoms with Gasteiger partial charge in [0.05, 0.1) is 6.04 Å². The Kier molecular flexibility index (Phi) is 4.42. The van der Waals surface area contributed by atoms with Gasteiger partial charge in [0.1, 0.15) is 5.88 Å². The number of amides is 1. The van der Waals surface area contributed by atoms with Crippen molar-refractivity contribution in [1.82, 2.24) is 5.32 Å². The molecule has 0 aromatic carbocycles. The highest BCUT2D eigenvalue weighted by Crippen LogP contribution is 2.25. The van der Waals surface area contributed by atoms with E-state index >= 15 is 0 Å². The zero-order valence-corrected chi connectivity index (χ0v) is 9.86. The highest BCUT2D eigenvalue weighted by molar-refractivity contribution is 7.10. The molecule has 0 saturated carbocycles. The standard InChI is InChI=1S/C10H14ClNOS/c1-7(2)10(12-9(13)6-11)8-4-3-5-14-8/h3-5,7,10H,6H2,1-2H3,(H,12,13). The van der Waals surface area contributed by atoms with Crippen LogP contribution in [0.5, 0.6) is 0 Å². The average molecular weight is 232 g/mol. The Balaban J connectivity index is 2.70. The second kappa shape index (κ2) is 5.37. The van der Waals surface area contributed by atoms with Gasteiger partial charge in [-0.3, -0.25) is 4.79 Å². The molecule has 2 nitrogen and oxygen atoms in total. The fourth-order valence-electron chi connectivity index (χ4n) is 1.25. The molecule has 1 unspecified atom stereocenters. The molecule has 0 aliphatic heterocycles. The number of rotatable bonds is 4. The molecule has 0 aliphatic rings. The number of hydrogen-bond acceptors (Lipinski definition) is 2. The van der Waals surface area contributed by atoms with Gasteiger partial charge in [0.2, 0.25) is 5.91 Å². The summed E-state index contributed by atoms with van der Waals surface area (Å²) < 4.78 is 0. The van der Waals surface area contributed by atoms with Crippen LogP contribution in [-0.2, 0) is 4.79 Å². The van der Waals surface area contributed by atoms with Crippen LogP contribution in [0.1, 0.15) is 24.8 Å². The molecule has 1 amide bonds. The minimum atomic E-state index is -0.112. The maximum absolute atomic E-state index is 11.2. The fourth-order valence-corrected chi connectivity index (χ4v) is 2.27. The van der Waals surface area contributed by atoms with E-state index in [0.717, 1.165) is 0 Å². The van der Waals surface area contributed by atoms with Gasteiger partial charge in [0.25, 0.3) is 0 Å². The van der Waals surface area contributed by atoms with Crippen molar-refractivity contribution in [2.45, 2.75) is 19.9 Å². The molecule has 1 heterocycles. The first kappa shape index (κ1) is 11.5. The van der Waals surface area contributed by atoms with Gasteiger partial charge in [-0.05, 0) is 17.4 Å². The summed E-state index contributed by atoms with van der Waals surface area (Å²) in [5.41, 5.74) is 0. The monoisotopic (exact) mass is 231 g/mol. The summed E-state index contributed by atoms with van der Waals surface area (Å²) in [5.74, 6) is 0.286. The molecule has 1 aromatic heterocycles. The first-order valence-corrected chi connectivity index (χ1v) is 5.95. The molecule has 1 atom stereocenters. The molecule has 1 aromatic rings. The summed E-state index contributed by atoms with van der Waals surface area (Å²) in [4.78, 5) is 12.4. The van der Waals surface area contributed by atoms with Gasteiger partial charge >= 0.3 is 0 Å². The summed E-state index contributed by atoms with van der Waals surface area (Å²) in [6.07, 6.45) is 0. The van der Waals surface area contributed by atoms with E-state index in [-0.39, 0.29) is 17.8 Å². The third-order valence-corrected chi connectivity index (χ3v) is 3.15. The van der Waals surface area contributed by atoms with Crippen molar-refractivity contribution in [1.29, 1.82) is 0 Å². The Morgan fingerprint density at radius 2 is 2.36 bits per heavy atom. The van der Waals surface area contributed by atoms with Crippen molar-refractivity contribution in [2.24, 2.45) is 5.92 Å². The molecule has 4 heteroatoms. The lowest BCUT2D eigenvalue weighted by atomic mass is 10.0. The predicted octanol–water partition coefficient (Wildman–Crippen LogP) is 2.80. The van der Waals surface area contributed by atoms with Crippen LogP contribution in [0.4, 0.5) is 0 Å². The zero-order valence-electron chi connectivity index (χ0n) is 8.29. The SMILES string of the molecule is CC(C)C(NC(=O)CCl)c1cccs1. The van der Waals surface area contributed by atoms with Gasteiger partial charge in [0, 0.05) is 4.88 Å². The van der Waals surface area contributed by atoms with E-state index in [9.17, 15) is 4.79 Å². The van der Waals surface area contributed by atoms with E-state index in [0.29, 0.717) is 5.92 Å². The summed E-state index contributed by atoms with van der Waals surface area (Å²) in [5, 5.41) is 4.92. The van der Waals surface area contributed by atoms with Crippen LogP contribution in [0, 0.1) is 5.92 Å². The highest BCUT2D eigenvalue weighted by Gasteiger charge is 2.18. The normalized spacial score (nSPS) is 12.9. The average Bonchev–Trinajstić information content (AvgIpc) is 2.65. The van der Waals surface area contributed by atoms with Gasteiger partial charge in [0.15, 0.2) is 0 Å². The van der Waals surface area contributed by atoms with Crippen LogP contribution in [0.15, 0.2) is 17.5 Å². The number of hydrogen-bond donors (Lipinski definition) is 1. The summed E-state index contributed by atoms with van der Waals surface area (Å²) in [7, 11) is 0. The van der Waals surface area contributed by atoms with E-state index in [2.05, 4.69) is 19.2 Å². The lowest BCUT2D eigenvalue weighted by Gasteiger charge is -2.20. The maximum atomic E-state index is 11.2. The Hall–Kier alpha value is -0.540.